The van der Waals surface area contributed by atoms with E-state index in [9.17, 15) is 9.18 Å². The third kappa shape index (κ3) is 2.97. The van der Waals surface area contributed by atoms with Gasteiger partial charge in [-0.2, -0.15) is 0 Å². The zero-order valence-electron chi connectivity index (χ0n) is 13.1. The molecule has 0 aliphatic heterocycles. The van der Waals surface area contributed by atoms with Crippen molar-refractivity contribution >= 4 is 22.6 Å². The van der Waals surface area contributed by atoms with Crippen molar-refractivity contribution in [2.45, 2.75) is 0 Å². The second-order valence-corrected chi connectivity index (χ2v) is 5.47. The van der Waals surface area contributed by atoms with E-state index in [1.165, 1.54) is 18.2 Å². The molecule has 5 nitrogen and oxygen atoms in total. The van der Waals surface area contributed by atoms with Gasteiger partial charge in [0.05, 0.1) is 22.9 Å². The van der Waals surface area contributed by atoms with Crippen molar-refractivity contribution in [1.29, 1.82) is 0 Å². The fraction of sp³-hybridized carbons (Fsp3) is 0. The van der Waals surface area contributed by atoms with E-state index in [0.29, 0.717) is 11.5 Å². The second-order valence-electron chi connectivity index (χ2n) is 5.47. The molecule has 0 spiro atoms. The number of carbonyl (C=O) groups is 1. The Morgan fingerprint density at radius 1 is 1.00 bits per heavy atom. The van der Waals surface area contributed by atoms with Gasteiger partial charge >= 0.3 is 0 Å². The number of rotatable bonds is 3. The van der Waals surface area contributed by atoms with Crippen molar-refractivity contribution in [2.75, 3.05) is 5.32 Å². The van der Waals surface area contributed by atoms with Crippen LogP contribution in [0.4, 0.5) is 10.1 Å². The van der Waals surface area contributed by atoms with Crippen LogP contribution in [0.2, 0.25) is 0 Å². The van der Waals surface area contributed by atoms with Gasteiger partial charge in [0.1, 0.15) is 18.0 Å². The first kappa shape index (κ1) is 15.0. The molecule has 1 amide bonds. The van der Waals surface area contributed by atoms with Crippen LogP contribution < -0.4 is 5.32 Å². The summed E-state index contributed by atoms with van der Waals surface area (Å²) in [4.78, 5) is 20.8. The van der Waals surface area contributed by atoms with Gasteiger partial charge in [-0.1, -0.05) is 18.2 Å². The minimum atomic E-state index is -0.451. The molecule has 0 fully saturated rings. The molecule has 1 N–H and O–H groups in total. The Bertz CT molecular complexity index is 1060. The number of nitrogens with zero attached hydrogens (tertiary/aromatic N) is 3. The maximum atomic E-state index is 13.2. The van der Waals surface area contributed by atoms with Crippen LogP contribution >= 0.6 is 0 Å². The first-order valence-electron chi connectivity index (χ1n) is 7.66. The van der Waals surface area contributed by atoms with Gasteiger partial charge in [-0.05, 0) is 42.5 Å². The van der Waals surface area contributed by atoms with E-state index in [1.807, 2.05) is 28.8 Å². The van der Waals surface area contributed by atoms with E-state index in [-0.39, 0.29) is 11.5 Å². The fourth-order valence-electron chi connectivity index (χ4n) is 2.58. The Hall–Kier alpha value is -3.54. The molecule has 0 saturated heterocycles. The highest BCUT2D eigenvalue weighted by molar-refractivity contribution is 6.04. The van der Waals surface area contributed by atoms with E-state index >= 15 is 0 Å². The maximum Gasteiger partial charge on any atom is 0.255 e. The lowest BCUT2D eigenvalue weighted by Gasteiger charge is -2.07. The molecule has 0 aliphatic carbocycles. The molecule has 0 bridgehead atoms. The molecule has 4 rings (SSSR count). The molecule has 122 valence electrons. The molecular formula is C19H13FN4O. The Morgan fingerprint density at radius 2 is 1.88 bits per heavy atom. The Morgan fingerprint density at radius 3 is 2.68 bits per heavy atom. The summed E-state index contributed by atoms with van der Waals surface area (Å²) in [6.07, 6.45) is 3.26. The van der Waals surface area contributed by atoms with E-state index in [0.717, 1.165) is 11.0 Å². The summed E-state index contributed by atoms with van der Waals surface area (Å²) in [7, 11) is 0. The third-order valence-electron chi connectivity index (χ3n) is 3.79. The Labute approximate surface area is 142 Å². The third-order valence-corrected chi connectivity index (χ3v) is 3.79. The molecule has 2 aromatic heterocycles. The van der Waals surface area contributed by atoms with Gasteiger partial charge in [-0.3, -0.25) is 9.36 Å². The number of anilines is 1. The van der Waals surface area contributed by atoms with E-state index in [2.05, 4.69) is 15.3 Å². The number of hydrogen-bond donors (Lipinski definition) is 1. The van der Waals surface area contributed by atoms with Gasteiger partial charge in [0.25, 0.3) is 5.91 Å². The SMILES string of the molecule is O=C(Nc1ccc(-n2cnc3ccccc32)nc1)c1cccc(F)c1. The van der Waals surface area contributed by atoms with Gasteiger partial charge < -0.3 is 5.32 Å². The van der Waals surface area contributed by atoms with Crippen molar-refractivity contribution < 1.29 is 9.18 Å². The second kappa shape index (κ2) is 6.16. The number of para-hydroxylation sites is 2. The minimum absolute atomic E-state index is 0.254. The summed E-state index contributed by atoms with van der Waals surface area (Å²) < 4.78 is 15.1. The first-order chi connectivity index (χ1) is 12.2. The molecule has 4 aromatic rings. The number of halogens is 1. The first-order valence-corrected chi connectivity index (χ1v) is 7.66. The molecular weight excluding hydrogens is 319 g/mol. The number of carbonyl (C=O) groups excluding carboxylic acids is 1. The highest BCUT2D eigenvalue weighted by atomic mass is 19.1. The molecule has 0 aliphatic rings. The van der Waals surface area contributed by atoms with Crippen LogP contribution in [0.1, 0.15) is 10.4 Å². The number of pyridine rings is 1. The summed E-state index contributed by atoms with van der Waals surface area (Å²) in [5.74, 6) is -0.146. The maximum absolute atomic E-state index is 13.2. The average molecular weight is 332 g/mol. The quantitative estimate of drug-likeness (QED) is 0.620. The van der Waals surface area contributed by atoms with Crippen LogP contribution in [0.3, 0.4) is 0 Å². The van der Waals surface area contributed by atoms with Crippen LogP contribution in [0, 0.1) is 5.82 Å². The molecule has 0 atom stereocenters. The molecule has 2 aromatic carbocycles. The zero-order chi connectivity index (χ0) is 17.2. The highest BCUT2D eigenvalue weighted by Crippen LogP contribution is 2.18. The van der Waals surface area contributed by atoms with Crippen molar-refractivity contribution in [1.82, 2.24) is 14.5 Å². The van der Waals surface area contributed by atoms with Gasteiger partial charge in [0.2, 0.25) is 0 Å². The van der Waals surface area contributed by atoms with Crippen molar-refractivity contribution in [3.8, 4) is 5.82 Å². The van der Waals surface area contributed by atoms with E-state index in [4.69, 9.17) is 0 Å². The summed E-state index contributed by atoms with van der Waals surface area (Å²) in [5, 5.41) is 2.70. The predicted molar refractivity (Wildman–Crippen MR) is 93.2 cm³/mol. The van der Waals surface area contributed by atoms with Crippen LogP contribution in [0.5, 0.6) is 0 Å². The van der Waals surface area contributed by atoms with Crippen LogP contribution in [0.15, 0.2) is 73.2 Å². The van der Waals surface area contributed by atoms with Crippen molar-refractivity contribution in [2.24, 2.45) is 0 Å². The summed E-state index contributed by atoms with van der Waals surface area (Å²) in [5.41, 5.74) is 2.62. The van der Waals surface area contributed by atoms with Gasteiger partial charge in [0, 0.05) is 5.56 Å². The molecule has 0 saturated carbocycles. The van der Waals surface area contributed by atoms with Crippen LogP contribution in [-0.2, 0) is 0 Å². The van der Waals surface area contributed by atoms with Crippen molar-refractivity contribution in [3.63, 3.8) is 0 Å². The fourth-order valence-corrected chi connectivity index (χ4v) is 2.58. The predicted octanol–water partition coefficient (Wildman–Crippen LogP) is 3.81. The number of amides is 1. The lowest BCUT2D eigenvalue weighted by Crippen LogP contribution is -2.12. The van der Waals surface area contributed by atoms with Crippen molar-refractivity contribution in [3.05, 3.63) is 84.6 Å². The van der Waals surface area contributed by atoms with Gasteiger partial charge in [-0.25, -0.2) is 14.4 Å². The largest absolute Gasteiger partial charge is 0.321 e. The number of benzene rings is 2. The lowest BCUT2D eigenvalue weighted by molar-refractivity contribution is 0.102. The number of aromatic nitrogens is 3. The molecule has 6 heteroatoms. The number of hydrogen-bond acceptors (Lipinski definition) is 3. The number of imidazole rings is 1. The highest BCUT2D eigenvalue weighted by Gasteiger charge is 2.08. The van der Waals surface area contributed by atoms with Gasteiger partial charge in [0.15, 0.2) is 0 Å². The Balaban J connectivity index is 1.57. The van der Waals surface area contributed by atoms with Crippen LogP contribution in [0.25, 0.3) is 16.9 Å². The normalized spacial score (nSPS) is 10.8. The standard InChI is InChI=1S/C19H13FN4O/c20-14-5-3-4-13(10-14)19(25)23-15-8-9-18(21-11-15)24-12-22-16-6-1-2-7-17(16)24/h1-12H,(H,23,25). The minimum Gasteiger partial charge on any atom is -0.321 e. The molecule has 2 heterocycles. The zero-order valence-corrected chi connectivity index (χ0v) is 13.1. The molecule has 25 heavy (non-hydrogen) atoms. The number of fused-ring (bicyclic) bond motifs is 1. The topological polar surface area (TPSA) is 59.8 Å². The average Bonchev–Trinajstić information content (AvgIpc) is 3.06. The summed E-state index contributed by atoms with van der Waals surface area (Å²) in [6.45, 7) is 0. The monoisotopic (exact) mass is 332 g/mol. The van der Waals surface area contributed by atoms with E-state index in [1.54, 1.807) is 30.7 Å². The number of nitrogens with one attached hydrogen (secondary N) is 1. The smallest absolute Gasteiger partial charge is 0.255 e. The molecule has 0 unspecified atom stereocenters. The van der Waals surface area contributed by atoms with Gasteiger partial charge in [-0.15, -0.1) is 0 Å². The summed E-state index contributed by atoms with van der Waals surface area (Å²) in [6, 6.07) is 16.8. The Kier molecular flexibility index (Phi) is 3.70. The lowest BCUT2D eigenvalue weighted by atomic mass is 10.2. The molecule has 0 radical (unpaired) electrons. The summed E-state index contributed by atoms with van der Waals surface area (Å²) >= 11 is 0. The van der Waals surface area contributed by atoms with E-state index < -0.39 is 5.82 Å². The van der Waals surface area contributed by atoms with Crippen LogP contribution in [-0.4, -0.2) is 20.4 Å².